The van der Waals surface area contributed by atoms with E-state index in [4.69, 9.17) is 52.5 Å². The first kappa shape index (κ1) is 66.1. The zero-order valence-electron chi connectivity index (χ0n) is 50.3. The van der Waals surface area contributed by atoms with Crippen LogP contribution < -0.4 is 49.1 Å². The first-order valence-corrected chi connectivity index (χ1v) is 29.2. The molecule has 4 aromatic rings. The second-order valence-corrected chi connectivity index (χ2v) is 20.8. The Labute approximate surface area is 505 Å². The number of fused-ring (bicyclic) bond motifs is 1. The molecule has 2 unspecified atom stereocenters. The predicted molar refractivity (Wildman–Crippen MR) is 315 cm³/mol. The Balaban J connectivity index is 0.757. The third kappa shape index (κ3) is 16.9. The lowest BCUT2D eigenvalue weighted by Crippen LogP contribution is -2.54. The van der Waals surface area contributed by atoms with Crippen molar-refractivity contribution in [2.24, 2.45) is 0 Å². The molecule has 4 aromatic carbocycles. The van der Waals surface area contributed by atoms with E-state index >= 15 is 0 Å². The third-order valence-electron chi connectivity index (χ3n) is 15.4. The number of hydrogen-bond donors (Lipinski definition) is 3. The fourth-order valence-corrected chi connectivity index (χ4v) is 11.1. The SMILES string of the molecule is CC[C@H](C(=O)N1CCC(c2c(CCCc3ccccc3OCC(=O)NCCCOCCOCCOCCCNC(=O)COc3cccc4c3C(=O)N(C3CCC(=O)NC3=O)C4=O)ccc(OC)c2OC)C[C@H]1C(=O)[OH2+])c1cc(OC)c(OC)c(OC)c1. The van der Waals surface area contributed by atoms with Gasteiger partial charge in [-0.2, -0.15) is 0 Å². The van der Waals surface area contributed by atoms with Crippen LogP contribution in [0.15, 0.2) is 66.7 Å². The molecule has 7 amide bonds. The van der Waals surface area contributed by atoms with Crippen molar-refractivity contribution >= 4 is 47.3 Å². The van der Waals surface area contributed by atoms with Gasteiger partial charge in [0.1, 0.15) is 17.5 Å². The van der Waals surface area contributed by atoms with E-state index < -0.39 is 60.1 Å². The summed E-state index contributed by atoms with van der Waals surface area (Å²) in [7, 11) is 7.68. The average molecular weight is 1210 g/mol. The van der Waals surface area contributed by atoms with Gasteiger partial charge >= 0.3 is 5.97 Å². The number of methoxy groups -OCH3 is 5. The van der Waals surface area contributed by atoms with Gasteiger partial charge in [0.2, 0.25) is 23.5 Å². The number of rotatable bonds is 35. The van der Waals surface area contributed by atoms with E-state index in [9.17, 15) is 38.4 Å². The van der Waals surface area contributed by atoms with Crippen LogP contribution in [0.25, 0.3) is 0 Å². The molecule has 0 aromatic heterocycles. The van der Waals surface area contributed by atoms with Gasteiger partial charge in [0.05, 0.1) is 79.0 Å². The maximum Gasteiger partial charge on any atom is 0.538 e. The van der Waals surface area contributed by atoms with Crippen molar-refractivity contribution in [2.45, 2.75) is 95.1 Å². The lowest BCUT2D eigenvalue weighted by molar-refractivity contribution is -0.153. The molecule has 0 spiro atoms. The summed E-state index contributed by atoms with van der Waals surface area (Å²) < 4.78 is 56.8. The molecule has 3 aliphatic rings. The summed E-state index contributed by atoms with van der Waals surface area (Å²) in [6.45, 7) is 4.44. The molecule has 24 nitrogen and oxygen atoms in total. The number of aryl methyl sites for hydroxylation is 2. The molecule has 3 heterocycles. The van der Waals surface area contributed by atoms with E-state index in [-0.39, 0.29) is 67.0 Å². The van der Waals surface area contributed by atoms with Crippen molar-refractivity contribution < 1.29 is 90.8 Å². The molecule has 2 saturated heterocycles. The molecule has 0 aliphatic carbocycles. The highest BCUT2D eigenvalue weighted by atomic mass is 16.5. The fraction of sp³-hybridized carbons (Fsp3) is 0.492. The minimum absolute atomic E-state index is 0.00378. The van der Waals surface area contributed by atoms with Crippen LogP contribution >= 0.6 is 0 Å². The van der Waals surface area contributed by atoms with Crippen LogP contribution in [-0.4, -0.2) is 182 Å². The van der Waals surface area contributed by atoms with Crippen molar-refractivity contribution in [2.75, 3.05) is 108 Å². The summed E-state index contributed by atoms with van der Waals surface area (Å²) >= 11 is 0. The van der Waals surface area contributed by atoms with Crippen LogP contribution in [0.5, 0.6) is 40.2 Å². The highest BCUT2D eigenvalue weighted by Gasteiger charge is 2.47. The van der Waals surface area contributed by atoms with Crippen LogP contribution in [0, 0.1) is 0 Å². The fourth-order valence-electron chi connectivity index (χ4n) is 11.1. The quantitative estimate of drug-likeness (QED) is 0.0328. The second kappa shape index (κ2) is 32.9. The minimum atomic E-state index is -1.12. The number of nitrogens with zero attached hydrogens (tertiary/aromatic N) is 2. The lowest BCUT2D eigenvalue weighted by Gasteiger charge is -2.38. The van der Waals surface area contributed by atoms with Crippen molar-refractivity contribution in [1.82, 2.24) is 25.8 Å². The molecule has 4 atom stereocenters. The number of ether oxygens (including phenoxy) is 10. The maximum absolute atomic E-state index is 14.4. The van der Waals surface area contributed by atoms with Gasteiger partial charge in [0.15, 0.2) is 42.3 Å². The molecule has 2 fully saturated rings. The summed E-state index contributed by atoms with van der Waals surface area (Å²) in [6, 6.07) is 17.3. The van der Waals surface area contributed by atoms with Crippen LogP contribution in [0.4, 0.5) is 0 Å². The molecule has 5 N–H and O–H groups in total. The number of benzene rings is 4. The van der Waals surface area contributed by atoms with Gasteiger partial charge in [-0.05, 0) is 117 Å². The highest BCUT2D eigenvalue weighted by Crippen LogP contribution is 2.46. The van der Waals surface area contributed by atoms with Gasteiger partial charge < -0.3 is 68.0 Å². The van der Waals surface area contributed by atoms with Crippen LogP contribution in [0.3, 0.4) is 0 Å². The van der Waals surface area contributed by atoms with Gasteiger partial charge in [-0.15, -0.1) is 0 Å². The zero-order chi connectivity index (χ0) is 62.4. The Hall–Kier alpha value is -8.48. The molecule has 87 heavy (non-hydrogen) atoms. The first-order chi connectivity index (χ1) is 42.2. The molecule has 24 heteroatoms. The molecular weight excluding hydrogens is 1130 g/mol. The van der Waals surface area contributed by atoms with Crippen LogP contribution in [0.1, 0.15) is 113 Å². The van der Waals surface area contributed by atoms with E-state index in [1.165, 1.54) is 39.5 Å². The first-order valence-electron chi connectivity index (χ1n) is 29.2. The van der Waals surface area contributed by atoms with Gasteiger partial charge in [0, 0.05) is 49.6 Å². The summed E-state index contributed by atoms with van der Waals surface area (Å²) in [5.41, 5.74) is 3.48. The monoisotopic (exact) mass is 1210 g/mol. The maximum atomic E-state index is 14.4. The van der Waals surface area contributed by atoms with Gasteiger partial charge in [0.25, 0.3) is 23.6 Å². The number of likely N-dealkylation sites (tertiary alicyclic amines) is 1. The Morgan fingerprint density at radius 2 is 1.24 bits per heavy atom. The largest absolute Gasteiger partial charge is 0.563 e. The predicted octanol–water partition coefficient (Wildman–Crippen LogP) is 4.35. The minimum Gasteiger partial charge on any atom is -0.563 e. The molecule has 0 radical (unpaired) electrons. The van der Waals surface area contributed by atoms with Crippen molar-refractivity contribution in [3.63, 3.8) is 0 Å². The average Bonchev–Trinajstić information content (AvgIpc) is 2.20. The summed E-state index contributed by atoms with van der Waals surface area (Å²) in [4.78, 5) is 106. The smallest absolute Gasteiger partial charge is 0.538 e. The normalized spacial score (nSPS) is 16.8. The number of nitrogens with one attached hydrogen (secondary N) is 3. The topological polar surface area (TPSA) is 294 Å². The number of carbonyl (C=O) groups is 8. The Morgan fingerprint density at radius 3 is 1.84 bits per heavy atom. The van der Waals surface area contributed by atoms with E-state index in [0.29, 0.717) is 138 Å². The molecule has 0 saturated carbocycles. The van der Waals surface area contributed by atoms with Crippen molar-refractivity contribution in [3.8, 4) is 40.2 Å². The number of carbonyl (C=O) groups excluding carboxylic acids is 8. The van der Waals surface area contributed by atoms with E-state index in [2.05, 4.69) is 16.0 Å². The summed E-state index contributed by atoms with van der Waals surface area (Å²) in [5.74, 6) is -2.32. The molecular formula is C63H80N5O19+. The molecule has 0 bridgehead atoms. The number of hydrogen-bond acceptors (Lipinski definition) is 18. The Bertz CT molecular complexity index is 3060. The van der Waals surface area contributed by atoms with E-state index in [0.717, 1.165) is 21.6 Å². The number of amides is 7. The third-order valence-corrected chi connectivity index (χ3v) is 15.4. The van der Waals surface area contributed by atoms with E-state index in [1.807, 2.05) is 43.3 Å². The zero-order valence-corrected chi connectivity index (χ0v) is 50.3. The Morgan fingerprint density at radius 1 is 0.644 bits per heavy atom. The van der Waals surface area contributed by atoms with E-state index in [1.54, 1.807) is 31.3 Å². The second-order valence-electron chi connectivity index (χ2n) is 20.8. The van der Waals surface area contributed by atoms with Gasteiger partial charge in [-0.25, -0.2) is 0 Å². The lowest BCUT2D eigenvalue weighted by atomic mass is 9.80. The number of piperidine rings is 2. The van der Waals surface area contributed by atoms with Crippen molar-refractivity contribution in [3.05, 3.63) is 100 Å². The molecule has 3 aliphatic heterocycles. The highest BCUT2D eigenvalue weighted by molar-refractivity contribution is 6.24. The summed E-state index contributed by atoms with van der Waals surface area (Å²) in [6.07, 6.45) is 4.27. The van der Waals surface area contributed by atoms with Gasteiger partial charge in [-0.1, -0.05) is 37.3 Å². The molecule has 7 rings (SSSR count). The number of para-hydroxylation sites is 1. The standard InChI is InChI=1S/C63H79N5O19/c1-7-43(42-35-50(79-3)57(81-5)51(36-42)80-4)60(73)67-27-24-41(34-46(67)63(76)77)55-40(20-22-49(78-2)58(55)82-6)16-10-15-39-14-8-9-18-47(39)86-37-53(70)64-25-12-28-83-30-32-85-33-31-84-29-13-26-65-54(71)38-87-48-19-11-17-44-56(48)62(75)68(61(44)74)45-21-23-52(69)66-59(45)72/h8-9,11,14,17-20,22,35-36,41,43,45-46H,7,10,12-13,15-16,21,23-34,37-38H2,1-6H3,(H,64,70)(H,65,71)(H,76,77)(H,66,69,72)/p+1/t41?,43-,45?,46-/m0/s1. The van der Waals surface area contributed by atoms with Gasteiger partial charge in [-0.3, -0.25) is 43.8 Å². The number of imide groups is 2. The van der Waals surface area contributed by atoms with Crippen molar-refractivity contribution in [1.29, 1.82) is 0 Å². The Kier molecular flexibility index (Phi) is 25.0. The summed E-state index contributed by atoms with van der Waals surface area (Å²) in [5, 5.41) is 16.1. The van der Waals surface area contributed by atoms with Crippen LogP contribution in [0.2, 0.25) is 0 Å². The molecule has 470 valence electrons. The van der Waals surface area contributed by atoms with Crippen LogP contribution in [-0.2, 0) is 55.8 Å².